The van der Waals surface area contributed by atoms with Crippen molar-refractivity contribution >= 4 is 17.1 Å². The molecule has 1 saturated heterocycles. The van der Waals surface area contributed by atoms with Gasteiger partial charge in [-0.25, -0.2) is 0 Å². The number of rotatable bonds is 4. The van der Waals surface area contributed by atoms with E-state index in [-0.39, 0.29) is 11.2 Å². The number of nitro benzene ring substituents is 1. The Balaban J connectivity index is 2.26. The number of nitrogen functional groups attached to an aromatic ring is 1. The second-order valence-corrected chi connectivity index (χ2v) is 4.66. The first-order valence-corrected chi connectivity index (χ1v) is 5.64. The fourth-order valence-electron chi connectivity index (χ4n) is 1.99. The van der Waals surface area contributed by atoms with E-state index in [1.54, 1.807) is 6.07 Å². The molecule has 1 atom stereocenters. The summed E-state index contributed by atoms with van der Waals surface area (Å²) in [6.07, 6.45) is 0.862. The summed E-state index contributed by atoms with van der Waals surface area (Å²) in [5.41, 5.74) is 3.38. The molecule has 0 bridgehead atoms. The number of nitrogens with zero attached hydrogens (tertiary/aromatic N) is 1. The molecule has 2 rings (SSSR count). The number of benzene rings is 1. The van der Waals surface area contributed by atoms with Crippen molar-refractivity contribution in [2.75, 3.05) is 24.0 Å². The van der Waals surface area contributed by atoms with Gasteiger partial charge in [-0.2, -0.15) is 0 Å². The molecule has 1 unspecified atom stereocenters. The molecule has 1 fully saturated rings. The van der Waals surface area contributed by atoms with Crippen LogP contribution in [-0.2, 0) is 4.74 Å². The van der Waals surface area contributed by atoms with Gasteiger partial charge in [0, 0.05) is 24.4 Å². The van der Waals surface area contributed by atoms with Gasteiger partial charge >= 0.3 is 0 Å². The van der Waals surface area contributed by atoms with Crippen LogP contribution in [0.2, 0.25) is 0 Å². The highest BCUT2D eigenvalue weighted by molar-refractivity contribution is 5.63. The van der Waals surface area contributed by atoms with Crippen LogP contribution >= 0.6 is 0 Å². The van der Waals surface area contributed by atoms with Gasteiger partial charge in [0.2, 0.25) is 0 Å². The molecule has 0 saturated carbocycles. The zero-order chi connectivity index (χ0) is 13.2. The van der Waals surface area contributed by atoms with Crippen LogP contribution in [0.5, 0.6) is 0 Å². The van der Waals surface area contributed by atoms with Crippen LogP contribution in [0.1, 0.15) is 13.3 Å². The number of hydrogen-bond acceptors (Lipinski definition) is 6. The van der Waals surface area contributed by atoms with Gasteiger partial charge in [0.15, 0.2) is 0 Å². The van der Waals surface area contributed by atoms with Gasteiger partial charge in [-0.1, -0.05) is 0 Å². The molecule has 4 N–H and O–H groups in total. The van der Waals surface area contributed by atoms with Crippen LogP contribution in [0.15, 0.2) is 18.2 Å². The second kappa shape index (κ2) is 4.79. The van der Waals surface area contributed by atoms with Gasteiger partial charge in [-0.05, 0) is 19.4 Å². The third-order valence-corrected chi connectivity index (χ3v) is 2.96. The van der Waals surface area contributed by atoms with Crippen molar-refractivity contribution in [1.82, 2.24) is 0 Å². The SMILES string of the molecule is CC1(Nc2cc(NN)cc([N+](=O)[O-])c2)CCOC1. The maximum atomic E-state index is 10.8. The maximum Gasteiger partial charge on any atom is 0.273 e. The fourth-order valence-corrected chi connectivity index (χ4v) is 1.99. The van der Waals surface area contributed by atoms with Crippen LogP contribution in [0.3, 0.4) is 0 Å². The lowest BCUT2D eigenvalue weighted by molar-refractivity contribution is -0.384. The van der Waals surface area contributed by atoms with E-state index >= 15 is 0 Å². The van der Waals surface area contributed by atoms with E-state index in [1.165, 1.54) is 12.1 Å². The molecule has 1 aliphatic heterocycles. The molecule has 98 valence electrons. The zero-order valence-corrected chi connectivity index (χ0v) is 10.1. The van der Waals surface area contributed by atoms with Crippen molar-refractivity contribution in [1.29, 1.82) is 0 Å². The van der Waals surface area contributed by atoms with Crippen molar-refractivity contribution < 1.29 is 9.66 Å². The van der Waals surface area contributed by atoms with Gasteiger partial charge < -0.3 is 15.5 Å². The number of ether oxygens (including phenoxy) is 1. The molecule has 7 heteroatoms. The minimum absolute atomic E-state index is 0.00420. The molecular formula is C11H16N4O3. The highest BCUT2D eigenvalue weighted by Crippen LogP contribution is 2.28. The number of nitro groups is 1. The van der Waals surface area contributed by atoms with Gasteiger partial charge in [-0.15, -0.1) is 0 Å². The Morgan fingerprint density at radius 1 is 1.44 bits per heavy atom. The first-order valence-electron chi connectivity index (χ1n) is 5.64. The number of non-ortho nitro benzene ring substituents is 1. The van der Waals surface area contributed by atoms with E-state index in [9.17, 15) is 10.1 Å². The lowest BCUT2D eigenvalue weighted by Crippen LogP contribution is -2.34. The number of hydrogen-bond donors (Lipinski definition) is 3. The molecule has 0 amide bonds. The van der Waals surface area contributed by atoms with Crippen molar-refractivity contribution in [2.45, 2.75) is 18.9 Å². The highest BCUT2D eigenvalue weighted by atomic mass is 16.6. The Hall–Kier alpha value is -1.86. The Kier molecular flexibility index (Phi) is 3.35. The molecule has 7 nitrogen and oxygen atoms in total. The molecule has 1 aliphatic rings. The van der Waals surface area contributed by atoms with Gasteiger partial charge in [-0.3, -0.25) is 16.0 Å². The predicted octanol–water partition coefficient (Wildman–Crippen LogP) is 1.47. The number of nitrogens with two attached hydrogens (primary N) is 1. The Bertz CT molecular complexity index is 458. The zero-order valence-electron chi connectivity index (χ0n) is 10.1. The van der Waals surface area contributed by atoms with E-state index in [4.69, 9.17) is 10.6 Å². The summed E-state index contributed by atoms with van der Waals surface area (Å²) in [6.45, 7) is 3.30. The summed E-state index contributed by atoms with van der Waals surface area (Å²) in [5.74, 6) is 5.30. The Labute approximate surface area is 104 Å². The second-order valence-electron chi connectivity index (χ2n) is 4.66. The molecule has 18 heavy (non-hydrogen) atoms. The average molecular weight is 252 g/mol. The number of hydrazine groups is 1. The standard InChI is InChI=1S/C11H16N4O3/c1-11(2-3-18-7-11)13-8-4-9(14-12)6-10(5-8)15(16)17/h4-6,13-14H,2-3,7,12H2,1H3. The van der Waals surface area contributed by atoms with Crippen LogP contribution < -0.4 is 16.6 Å². The molecule has 0 aromatic heterocycles. The van der Waals surface area contributed by atoms with E-state index < -0.39 is 4.92 Å². The van der Waals surface area contributed by atoms with Crippen molar-refractivity contribution in [3.63, 3.8) is 0 Å². The molecule has 0 radical (unpaired) electrons. The van der Waals surface area contributed by atoms with Gasteiger partial charge in [0.1, 0.15) is 0 Å². The minimum atomic E-state index is -0.445. The lowest BCUT2D eigenvalue weighted by atomic mass is 10.0. The van der Waals surface area contributed by atoms with E-state index in [2.05, 4.69) is 10.7 Å². The molecule has 1 heterocycles. The minimum Gasteiger partial charge on any atom is -0.379 e. The first kappa shape index (κ1) is 12.6. The summed E-state index contributed by atoms with van der Waals surface area (Å²) >= 11 is 0. The summed E-state index contributed by atoms with van der Waals surface area (Å²) in [5, 5.41) is 14.1. The van der Waals surface area contributed by atoms with Gasteiger partial charge in [0.25, 0.3) is 5.69 Å². The van der Waals surface area contributed by atoms with Crippen LogP contribution in [0.25, 0.3) is 0 Å². The quantitative estimate of drug-likeness (QED) is 0.426. The predicted molar refractivity (Wildman–Crippen MR) is 68.4 cm³/mol. The third kappa shape index (κ3) is 2.69. The van der Waals surface area contributed by atoms with E-state index in [0.29, 0.717) is 24.6 Å². The summed E-state index contributed by atoms with van der Waals surface area (Å²) in [6, 6.07) is 4.61. The largest absolute Gasteiger partial charge is 0.379 e. The Morgan fingerprint density at radius 3 is 2.72 bits per heavy atom. The van der Waals surface area contributed by atoms with Crippen LogP contribution in [-0.4, -0.2) is 23.7 Å². The molecule has 0 spiro atoms. The molecule has 1 aromatic rings. The fraction of sp³-hybridized carbons (Fsp3) is 0.455. The molecule has 1 aromatic carbocycles. The van der Waals surface area contributed by atoms with E-state index in [0.717, 1.165) is 6.42 Å². The number of anilines is 2. The van der Waals surface area contributed by atoms with E-state index in [1.807, 2.05) is 6.92 Å². The first-order chi connectivity index (χ1) is 8.52. The van der Waals surface area contributed by atoms with Crippen molar-refractivity contribution in [2.24, 2.45) is 5.84 Å². The summed E-state index contributed by atoms with van der Waals surface area (Å²) < 4.78 is 5.33. The van der Waals surface area contributed by atoms with Crippen molar-refractivity contribution in [3.05, 3.63) is 28.3 Å². The Morgan fingerprint density at radius 2 is 2.17 bits per heavy atom. The number of nitrogens with one attached hydrogen (secondary N) is 2. The average Bonchev–Trinajstić information content (AvgIpc) is 2.75. The highest BCUT2D eigenvalue weighted by Gasteiger charge is 2.29. The molecular weight excluding hydrogens is 236 g/mol. The monoisotopic (exact) mass is 252 g/mol. The van der Waals surface area contributed by atoms with Crippen molar-refractivity contribution in [3.8, 4) is 0 Å². The normalized spacial score (nSPS) is 22.8. The smallest absolute Gasteiger partial charge is 0.273 e. The summed E-state index contributed by atoms with van der Waals surface area (Å²) in [4.78, 5) is 10.4. The summed E-state index contributed by atoms with van der Waals surface area (Å²) in [7, 11) is 0. The third-order valence-electron chi connectivity index (χ3n) is 2.96. The van der Waals surface area contributed by atoms with Crippen LogP contribution in [0.4, 0.5) is 17.1 Å². The maximum absolute atomic E-state index is 10.8. The van der Waals surface area contributed by atoms with Gasteiger partial charge in [0.05, 0.1) is 22.8 Å². The van der Waals surface area contributed by atoms with Crippen LogP contribution in [0, 0.1) is 10.1 Å². The topological polar surface area (TPSA) is 102 Å². The lowest BCUT2D eigenvalue weighted by Gasteiger charge is -2.25. The molecule has 0 aliphatic carbocycles.